The van der Waals surface area contributed by atoms with E-state index in [1.807, 2.05) is 0 Å². The van der Waals surface area contributed by atoms with Crippen molar-refractivity contribution in [2.24, 2.45) is 0 Å². The Labute approximate surface area is 95.3 Å². The summed E-state index contributed by atoms with van der Waals surface area (Å²) in [6.45, 7) is 1.82. The average Bonchev–Trinajstić information content (AvgIpc) is 2.71. The van der Waals surface area contributed by atoms with Crippen LogP contribution in [0.5, 0.6) is 0 Å². The second-order valence-electron chi connectivity index (χ2n) is 3.41. The number of furan rings is 1. The molecule has 5 nitrogen and oxygen atoms in total. The molecule has 88 valence electrons. The van der Waals surface area contributed by atoms with Gasteiger partial charge in [0.05, 0.1) is 18.9 Å². The van der Waals surface area contributed by atoms with Crippen LogP contribution in [-0.4, -0.2) is 25.0 Å². The van der Waals surface area contributed by atoms with Crippen molar-refractivity contribution >= 4 is 10.0 Å². The Morgan fingerprint density at radius 1 is 1.62 bits per heavy atom. The predicted molar refractivity (Wildman–Crippen MR) is 58.8 cm³/mol. The summed E-state index contributed by atoms with van der Waals surface area (Å²) in [4.78, 5) is 0. The van der Waals surface area contributed by atoms with Gasteiger partial charge in [-0.15, -0.1) is 0 Å². The first-order chi connectivity index (χ1) is 7.52. The first-order valence-corrected chi connectivity index (χ1v) is 6.39. The van der Waals surface area contributed by atoms with Gasteiger partial charge in [0, 0.05) is 7.05 Å². The highest BCUT2D eigenvalue weighted by molar-refractivity contribution is 7.89. The van der Waals surface area contributed by atoms with E-state index in [0.29, 0.717) is 5.76 Å². The summed E-state index contributed by atoms with van der Waals surface area (Å²) in [5.74, 6) is 0.555. The minimum absolute atomic E-state index is 0.146. The van der Waals surface area contributed by atoms with E-state index in [1.54, 1.807) is 25.1 Å². The minimum atomic E-state index is -3.57. The third kappa shape index (κ3) is 2.62. The van der Waals surface area contributed by atoms with Gasteiger partial charge in [-0.2, -0.15) is 9.57 Å². The third-order valence-electron chi connectivity index (χ3n) is 2.27. The quantitative estimate of drug-likeness (QED) is 0.781. The van der Waals surface area contributed by atoms with Crippen LogP contribution in [0, 0.1) is 11.3 Å². The summed E-state index contributed by atoms with van der Waals surface area (Å²) in [7, 11) is -2.12. The number of nitrogens with zero attached hydrogens (tertiary/aromatic N) is 2. The summed E-state index contributed by atoms with van der Waals surface area (Å²) in [5, 5.41) is 7.76. The lowest BCUT2D eigenvalue weighted by atomic mass is 10.4. The summed E-state index contributed by atoms with van der Waals surface area (Å²) >= 11 is 0. The third-order valence-corrected chi connectivity index (χ3v) is 4.42. The van der Waals surface area contributed by atoms with E-state index < -0.39 is 15.3 Å². The zero-order chi connectivity index (χ0) is 12.2. The smallest absolute Gasteiger partial charge is 0.230 e. The molecule has 1 aromatic heterocycles. The average molecular weight is 242 g/mol. The topological polar surface area (TPSA) is 74.3 Å². The molecule has 0 bridgehead atoms. The number of sulfonamides is 1. The van der Waals surface area contributed by atoms with Crippen molar-refractivity contribution in [2.45, 2.75) is 25.1 Å². The van der Waals surface area contributed by atoms with Crippen LogP contribution in [0.4, 0.5) is 0 Å². The number of hydrogen-bond acceptors (Lipinski definition) is 4. The Morgan fingerprint density at radius 3 is 2.75 bits per heavy atom. The highest BCUT2D eigenvalue weighted by Crippen LogP contribution is 2.13. The van der Waals surface area contributed by atoms with Crippen LogP contribution >= 0.6 is 0 Å². The molecule has 0 spiro atoms. The van der Waals surface area contributed by atoms with Gasteiger partial charge in [-0.3, -0.25) is 0 Å². The molecule has 0 amide bonds. The Bertz CT molecular complexity index is 459. The van der Waals surface area contributed by atoms with Crippen LogP contribution in [0.15, 0.2) is 22.8 Å². The molecule has 0 aliphatic heterocycles. The molecule has 0 aromatic carbocycles. The molecule has 0 saturated carbocycles. The van der Waals surface area contributed by atoms with E-state index in [4.69, 9.17) is 9.68 Å². The molecule has 1 aromatic rings. The van der Waals surface area contributed by atoms with Gasteiger partial charge in [-0.1, -0.05) is 6.92 Å². The zero-order valence-electron chi connectivity index (χ0n) is 9.25. The van der Waals surface area contributed by atoms with Crippen LogP contribution < -0.4 is 0 Å². The van der Waals surface area contributed by atoms with Gasteiger partial charge in [0.1, 0.15) is 5.76 Å². The van der Waals surface area contributed by atoms with Crippen LogP contribution in [-0.2, 0) is 16.6 Å². The molecular formula is C10H14N2O3S. The monoisotopic (exact) mass is 242 g/mol. The number of nitriles is 1. The number of rotatable bonds is 5. The van der Waals surface area contributed by atoms with E-state index in [9.17, 15) is 8.42 Å². The largest absolute Gasteiger partial charge is 0.468 e. The summed E-state index contributed by atoms with van der Waals surface area (Å²) < 4.78 is 30.0. The van der Waals surface area contributed by atoms with Gasteiger partial charge in [-0.25, -0.2) is 8.42 Å². The van der Waals surface area contributed by atoms with Gasteiger partial charge in [0.2, 0.25) is 10.0 Å². The Morgan fingerprint density at radius 2 is 2.31 bits per heavy atom. The minimum Gasteiger partial charge on any atom is -0.468 e. The molecule has 0 aliphatic carbocycles. The maximum atomic E-state index is 11.9. The Hall–Kier alpha value is -1.32. The van der Waals surface area contributed by atoms with E-state index >= 15 is 0 Å². The molecule has 0 N–H and O–H groups in total. The molecule has 1 unspecified atom stereocenters. The van der Waals surface area contributed by atoms with Crippen LogP contribution in [0.3, 0.4) is 0 Å². The van der Waals surface area contributed by atoms with Crippen molar-refractivity contribution in [1.29, 1.82) is 5.26 Å². The molecule has 1 heterocycles. The van der Waals surface area contributed by atoms with Crippen LogP contribution in [0.25, 0.3) is 0 Å². The molecular weight excluding hydrogens is 228 g/mol. The van der Waals surface area contributed by atoms with Crippen molar-refractivity contribution in [3.63, 3.8) is 0 Å². The fourth-order valence-electron chi connectivity index (χ4n) is 1.30. The summed E-state index contributed by atoms with van der Waals surface area (Å²) in [6.07, 6.45) is 1.76. The first-order valence-electron chi connectivity index (χ1n) is 4.89. The molecule has 0 fully saturated rings. The van der Waals surface area contributed by atoms with Gasteiger partial charge in [-0.05, 0) is 18.6 Å². The molecule has 0 radical (unpaired) electrons. The lowest BCUT2D eigenvalue weighted by molar-refractivity contribution is 0.403. The van der Waals surface area contributed by atoms with Crippen molar-refractivity contribution < 1.29 is 12.8 Å². The van der Waals surface area contributed by atoms with Crippen LogP contribution in [0.2, 0.25) is 0 Å². The lowest BCUT2D eigenvalue weighted by Crippen LogP contribution is -2.34. The lowest BCUT2D eigenvalue weighted by Gasteiger charge is -2.18. The highest BCUT2D eigenvalue weighted by atomic mass is 32.2. The molecule has 1 rings (SSSR count). The number of hydrogen-bond donors (Lipinski definition) is 0. The van der Waals surface area contributed by atoms with E-state index in [0.717, 1.165) is 4.31 Å². The zero-order valence-corrected chi connectivity index (χ0v) is 10.1. The summed E-state index contributed by atoms with van der Waals surface area (Å²) in [5.41, 5.74) is 0. The van der Waals surface area contributed by atoms with Crippen molar-refractivity contribution in [2.75, 3.05) is 7.05 Å². The second kappa shape index (κ2) is 5.14. The standard InChI is InChI=1S/C10H14N2O3S/c1-3-10(7-11)16(13,14)12(2)8-9-5-4-6-15-9/h4-6,10H,3,8H2,1-2H3. The van der Waals surface area contributed by atoms with Gasteiger partial charge < -0.3 is 4.42 Å². The fraction of sp³-hybridized carbons (Fsp3) is 0.500. The van der Waals surface area contributed by atoms with E-state index in [-0.39, 0.29) is 13.0 Å². The molecule has 0 saturated heterocycles. The van der Waals surface area contributed by atoms with Gasteiger partial charge >= 0.3 is 0 Å². The maximum Gasteiger partial charge on any atom is 0.230 e. The normalized spacial score (nSPS) is 13.6. The first kappa shape index (κ1) is 12.7. The summed E-state index contributed by atoms with van der Waals surface area (Å²) in [6, 6.07) is 5.18. The molecule has 16 heavy (non-hydrogen) atoms. The van der Waals surface area contributed by atoms with Gasteiger partial charge in [0.15, 0.2) is 5.25 Å². The fourth-order valence-corrected chi connectivity index (χ4v) is 2.59. The van der Waals surface area contributed by atoms with E-state index in [1.165, 1.54) is 13.3 Å². The maximum absolute atomic E-state index is 11.9. The van der Waals surface area contributed by atoms with Crippen molar-refractivity contribution in [3.8, 4) is 6.07 Å². The van der Waals surface area contributed by atoms with Crippen molar-refractivity contribution in [1.82, 2.24) is 4.31 Å². The molecule has 0 aliphatic rings. The highest BCUT2D eigenvalue weighted by Gasteiger charge is 2.28. The predicted octanol–water partition coefficient (Wildman–Crippen LogP) is 1.34. The molecule has 6 heteroatoms. The SMILES string of the molecule is CCC(C#N)S(=O)(=O)N(C)Cc1ccco1. The van der Waals surface area contributed by atoms with Crippen molar-refractivity contribution in [3.05, 3.63) is 24.2 Å². The van der Waals surface area contributed by atoms with Gasteiger partial charge in [0.25, 0.3) is 0 Å². The van der Waals surface area contributed by atoms with E-state index in [2.05, 4.69) is 0 Å². The second-order valence-corrected chi connectivity index (χ2v) is 5.63. The van der Waals surface area contributed by atoms with Crippen LogP contribution in [0.1, 0.15) is 19.1 Å². The Kier molecular flexibility index (Phi) is 4.10. The Balaban J connectivity index is 2.81. The molecule has 1 atom stereocenters.